The van der Waals surface area contributed by atoms with Gasteiger partial charge in [-0.25, -0.2) is 4.79 Å². The second-order valence-corrected chi connectivity index (χ2v) is 8.54. The normalized spacial score (nSPS) is 19.1. The molecular weight excluding hydrogens is 490 g/mol. The molecule has 1 aliphatic rings. The van der Waals surface area contributed by atoms with Gasteiger partial charge in [0.15, 0.2) is 0 Å². The van der Waals surface area contributed by atoms with Crippen molar-refractivity contribution >= 4 is 41.0 Å². The van der Waals surface area contributed by atoms with Crippen molar-refractivity contribution in [2.24, 2.45) is 5.16 Å². The highest BCUT2D eigenvalue weighted by Gasteiger charge is 2.65. The number of hydrogen-bond acceptors (Lipinski definition) is 3. The first-order chi connectivity index (χ1) is 16.0. The Bertz CT molecular complexity index is 1320. The molecule has 9 heteroatoms. The van der Waals surface area contributed by atoms with Crippen LogP contribution in [-0.2, 0) is 10.4 Å². The zero-order chi connectivity index (χ0) is 24.7. The first-order valence-corrected chi connectivity index (χ1v) is 10.7. The summed E-state index contributed by atoms with van der Waals surface area (Å²) >= 11 is 12.1. The topological polar surface area (TPSA) is 58.9 Å². The van der Waals surface area contributed by atoms with Crippen molar-refractivity contribution in [1.29, 1.82) is 0 Å². The Hall–Kier alpha value is -3.29. The fourth-order valence-corrected chi connectivity index (χ4v) is 4.38. The van der Waals surface area contributed by atoms with Crippen LogP contribution in [0, 0.1) is 6.92 Å². The number of alkyl halides is 3. The largest absolute Gasteiger partial charge is 0.478 e. The summed E-state index contributed by atoms with van der Waals surface area (Å²) in [5, 5.41) is 13.2. The second kappa shape index (κ2) is 8.81. The van der Waals surface area contributed by atoms with E-state index in [-0.39, 0.29) is 38.0 Å². The predicted octanol–water partition coefficient (Wildman–Crippen LogP) is 7.28. The van der Waals surface area contributed by atoms with Gasteiger partial charge in [-0.3, -0.25) is 0 Å². The van der Waals surface area contributed by atoms with Gasteiger partial charge in [0.2, 0.25) is 0 Å². The quantitative estimate of drug-likeness (QED) is 0.405. The Morgan fingerprint density at radius 3 is 2.24 bits per heavy atom. The van der Waals surface area contributed by atoms with Gasteiger partial charge in [0.25, 0.3) is 5.60 Å². The number of halogens is 5. The summed E-state index contributed by atoms with van der Waals surface area (Å²) < 4.78 is 44.6. The molecule has 34 heavy (non-hydrogen) atoms. The van der Waals surface area contributed by atoms with Crippen molar-refractivity contribution in [3.63, 3.8) is 0 Å². The highest BCUT2D eigenvalue weighted by Crippen LogP contribution is 2.53. The van der Waals surface area contributed by atoms with Crippen LogP contribution in [0.1, 0.15) is 32.6 Å². The third kappa shape index (κ3) is 4.17. The number of aryl methyl sites for hydroxylation is 1. The number of benzene rings is 3. The van der Waals surface area contributed by atoms with Crippen molar-refractivity contribution < 1.29 is 27.9 Å². The van der Waals surface area contributed by atoms with Crippen LogP contribution in [0.15, 0.2) is 77.5 Å². The first-order valence-electron chi connectivity index (χ1n) is 9.94. The molecule has 0 saturated heterocycles. The first kappa shape index (κ1) is 23.9. The van der Waals surface area contributed by atoms with Gasteiger partial charge in [0.05, 0.1) is 5.56 Å². The van der Waals surface area contributed by atoms with Crippen LogP contribution >= 0.6 is 23.2 Å². The maximum Gasteiger partial charge on any atom is 0.440 e. The SMILES string of the molecule is Cc1cc(C2=NOC(c3cc(Cl)cc(Cl)c3)(C(F)(F)F)C2=Cc2ccccc2)ccc1C(=O)O. The molecule has 4 rings (SSSR count). The molecule has 4 nitrogen and oxygen atoms in total. The Morgan fingerprint density at radius 2 is 1.68 bits per heavy atom. The number of nitrogens with zero attached hydrogens (tertiary/aromatic N) is 1. The molecule has 0 spiro atoms. The van der Waals surface area contributed by atoms with Crippen molar-refractivity contribution in [3.8, 4) is 0 Å². The Kier molecular flexibility index (Phi) is 6.18. The van der Waals surface area contributed by atoms with Crippen LogP contribution in [0.25, 0.3) is 6.08 Å². The smallest absolute Gasteiger partial charge is 0.440 e. The van der Waals surface area contributed by atoms with E-state index < -0.39 is 17.7 Å². The molecule has 0 saturated carbocycles. The summed E-state index contributed by atoms with van der Waals surface area (Å²) in [4.78, 5) is 16.6. The fourth-order valence-electron chi connectivity index (χ4n) is 3.86. The Labute approximate surface area is 202 Å². The molecule has 1 N–H and O–H groups in total. The Morgan fingerprint density at radius 1 is 1.03 bits per heavy atom. The average Bonchev–Trinajstić information content (AvgIpc) is 3.13. The van der Waals surface area contributed by atoms with Crippen LogP contribution in [0.2, 0.25) is 10.0 Å². The van der Waals surface area contributed by atoms with E-state index in [1.165, 1.54) is 30.3 Å². The van der Waals surface area contributed by atoms with Gasteiger partial charge in [-0.2, -0.15) is 13.2 Å². The van der Waals surface area contributed by atoms with Gasteiger partial charge in [0.1, 0.15) is 5.71 Å². The average molecular weight is 506 g/mol. The number of aromatic carboxylic acids is 1. The van der Waals surface area contributed by atoms with E-state index in [4.69, 9.17) is 28.0 Å². The van der Waals surface area contributed by atoms with Gasteiger partial charge < -0.3 is 9.94 Å². The second-order valence-electron chi connectivity index (χ2n) is 7.67. The lowest BCUT2D eigenvalue weighted by molar-refractivity contribution is -0.261. The third-order valence-electron chi connectivity index (χ3n) is 5.42. The Balaban J connectivity index is 1.99. The molecule has 174 valence electrons. The number of carboxylic acid groups (broad SMARTS) is 1. The zero-order valence-corrected chi connectivity index (χ0v) is 19.0. The van der Waals surface area contributed by atoms with E-state index in [0.29, 0.717) is 11.1 Å². The molecule has 0 bridgehead atoms. The standard InChI is InChI=1S/C25H16Cl2F3NO3/c1-14-9-16(7-8-20(14)23(32)33)22-21(10-15-5-3-2-4-6-15)24(34-31-22,25(28,29)30)17-11-18(26)13-19(27)12-17/h2-13H,1H3,(H,32,33). The van der Waals surface area contributed by atoms with Gasteiger partial charge in [-0.15, -0.1) is 0 Å². The van der Waals surface area contributed by atoms with E-state index in [0.717, 1.165) is 12.1 Å². The molecule has 3 aromatic rings. The summed E-state index contributed by atoms with van der Waals surface area (Å²) in [6.07, 6.45) is -3.61. The van der Waals surface area contributed by atoms with Crippen molar-refractivity contribution in [2.75, 3.05) is 0 Å². The molecule has 0 aromatic heterocycles. The summed E-state index contributed by atoms with van der Waals surface area (Å²) in [6, 6.07) is 16.2. The molecular formula is C25H16Cl2F3NO3. The van der Waals surface area contributed by atoms with E-state index in [1.54, 1.807) is 37.3 Å². The summed E-state index contributed by atoms with van der Waals surface area (Å²) in [7, 11) is 0. The lowest BCUT2D eigenvalue weighted by atomic mass is 9.80. The number of oxime groups is 1. The van der Waals surface area contributed by atoms with Crippen LogP contribution in [0.4, 0.5) is 13.2 Å². The van der Waals surface area contributed by atoms with E-state index >= 15 is 0 Å². The molecule has 1 atom stereocenters. The number of carbonyl (C=O) groups is 1. The maximum atomic E-state index is 14.9. The number of carboxylic acids is 1. The maximum absolute atomic E-state index is 14.9. The molecule has 1 heterocycles. The van der Waals surface area contributed by atoms with Gasteiger partial charge in [0, 0.05) is 26.7 Å². The fraction of sp³-hybridized carbons (Fsp3) is 0.120. The highest BCUT2D eigenvalue weighted by molar-refractivity contribution is 6.34. The van der Waals surface area contributed by atoms with Crippen LogP contribution in [0.5, 0.6) is 0 Å². The minimum Gasteiger partial charge on any atom is -0.478 e. The summed E-state index contributed by atoms with van der Waals surface area (Å²) in [5.74, 6) is -1.15. The van der Waals surface area contributed by atoms with Crippen LogP contribution in [0.3, 0.4) is 0 Å². The lowest BCUT2D eigenvalue weighted by Gasteiger charge is -2.31. The predicted molar refractivity (Wildman–Crippen MR) is 124 cm³/mol. The molecule has 1 aliphatic heterocycles. The minimum absolute atomic E-state index is 0.00360. The molecule has 0 fully saturated rings. The molecule has 0 radical (unpaired) electrons. The van der Waals surface area contributed by atoms with Crippen LogP contribution < -0.4 is 0 Å². The highest BCUT2D eigenvalue weighted by atomic mass is 35.5. The molecule has 1 unspecified atom stereocenters. The van der Waals surface area contributed by atoms with Crippen LogP contribution in [-0.4, -0.2) is 23.0 Å². The van der Waals surface area contributed by atoms with Gasteiger partial charge >= 0.3 is 12.1 Å². The summed E-state index contributed by atoms with van der Waals surface area (Å²) in [5.41, 5.74) is -2.56. The number of rotatable bonds is 4. The van der Waals surface area contributed by atoms with E-state index in [1.807, 2.05) is 0 Å². The minimum atomic E-state index is -4.96. The lowest BCUT2D eigenvalue weighted by Crippen LogP contribution is -2.44. The summed E-state index contributed by atoms with van der Waals surface area (Å²) in [6.45, 7) is 1.55. The van der Waals surface area contributed by atoms with Crippen molar-refractivity contribution in [2.45, 2.75) is 18.7 Å². The molecule has 0 aliphatic carbocycles. The third-order valence-corrected chi connectivity index (χ3v) is 5.85. The molecule has 3 aromatic carbocycles. The van der Waals surface area contributed by atoms with E-state index in [2.05, 4.69) is 5.16 Å². The molecule has 0 amide bonds. The van der Waals surface area contributed by atoms with Crippen molar-refractivity contribution in [1.82, 2.24) is 0 Å². The van der Waals surface area contributed by atoms with E-state index in [9.17, 15) is 23.1 Å². The van der Waals surface area contributed by atoms with Gasteiger partial charge in [-0.1, -0.05) is 64.8 Å². The monoisotopic (exact) mass is 505 g/mol. The zero-order valence-electron chi connectivity index (χ0n) is 17.5. The van der Waals surface area contributed by atoms with Crippen molar-refractivity contribution in [3.05, 3.63) is 110 Å². The number of hydrogen-bond donors (Lipinski definition) is 1. The van der Waals surface area contributed by atoms with Gasteiger partial charge in [-0.05, 0) is 54.5 Å².